The van der Waals surface area contributed by atoms with Crippen LogP contribution in [0.25, 0.3) is 10.9 Å². The molecule has 7 nitrogen and oxygen atoms in total. The number of hydrogen-bond donors (Lipinski definition) is 1. The maximum absolute atomic E-state index is 12.9. The van der Waals surface area contributed by atoms with Gasteiger partial charge in [-0.05, 0) is 64.2 Å². The van der Waals surface area contributed by atoms with Crippen molar-refractivity contribution in [2.45, 2.75) is 38.0 Å². The number of nitrogens with one attached hydrogen (secondary N) is 1. The Balaban J connectivity index is 1.53. The van der Waals surface area contributed by atoms with Crippen molar-refractivity contribution in [3.05, 3.63) is 36.0 Å². The Kier molecular flexibility index (Phi) is 5.65. The lowest BCUT2D eigenvalue weighted by atomic mass is 10.0. The second-order valence-corrected chi connectivity index (χ2v) is 8.07. The van der Waals surface area contributed by atoms with E-state index in [2.05, 4.69) is 33.2 Å². The van der Waals surface area contributed by atoms with E-state index in [1.165, 1.54) is 0 Å². The average molecular weight is 393 g/mol. The number of benzene rings is 1. The number of likely N-dealkylation sites (tertiary alicyclic amines) is 1. The van der Waals surface area contributed by atoms with Gasteiger partial charge in [-0.3, -0.25) is 9.78 Å². The number of amides is 1. The quantitative estimate of drug-likeness (QED) is 0.858. The standard InChI is InChI=1S/C22H27N5O2/c1-15-13-27(19-6-5-16(12-23)21-18(19)4-3-9-24-21)14-20(29-15)22(28)25-17-7-10-26(2)11-8-17/h3-6,9,15,17,20H,7-8,10-11,13-14H2,1-2H3,(H,25,28)/t15-,20-/m1/s1. The highest BCUT2D eigenvalue weighted by Gasteiger charge is 2.32. The predicted molar refractivity (Wildman–Crippen MR) is 112 cm³/mol. The molecule has 0 aliphatic carbocycles. The number of nitrogens with zero attached hydrogens (tertiary/aromatic N) is 4. The van der Waals surface area contributed by atoms with E-state index in [-0.39, 0.29) is 18.1 Å². The van der Waals surface area contributed by atoms with Crippen LogP contribution in [0.3, 0.4) is 0 Å². The molecule has 152 valence electrons. The number of rotatable bonds is 3. The van der Waals surface area contributed by atoms with Crippen molar-refractivity contribution >= 4 is 22.5 Å². The molecule has 2 atom stereocenters. The maximum Gasteiger partial charge on any atom is 0.251 e. The van der Waals surface area contributed by atoms with E-state index >= 15 is 0 Å². The van der Waals surface area contributed by atoms with Gasteiger partial charge in [0.1, 0.15) is 6.07 Å². The monoisotopic (exact) mass is 393 g/mol. The molecule has 2 aromatic rings. The zero-order valence-corrected chi connectivity index (χ0v) is 17.0. The summed E-state index contributed by atoms with van der Waals surface area (Å²) in [6.45, 7) is 5.17. The summed E-state index contributed by atoms with van der Waals surface area (Å²) in [5.41, 5.74) is 2.24. The second-order valence-electron chi connectivity index (χ2n) is 8.07. The van der Waals surface area contributed by atoms with Crippen LogP contribution in [0, 0.1) is 11.3 Å². The summed E-state index contributed by atoms with van der Waals surface area (Å²) < 4.78 is 5.99. The summed E-state index contributed by atoms with van der Waals surface area (Å²) in [6.07, 6.45) is 3.06. The average Bonchev–Trinajstić information content (AvgIpc) is 2.74. The molecule has 2 aliphatic heterocycles. The molecule has 0 bridgehead atoms. The van der Waals surface area contributed by atoms with Crippen molar-refractivity contribution in [2.24, 2.45) is 0 Å². The Labute approximate surface area is 171 Å². The Morgan fingerprint density at radius 3 is 2.83 bits per heavy atom. The molecule has 2 aliphatic rings. The van der Waals surface area contributed by atoms with E-state index < -0.39 is 6.10 Å². The lowest BCUT2D eigenvalue weighted by Crippen LogP contribution is -2.55. The van der Waals surface area contributed by atoms with Gasteiger partial charge in [0.15, 0.2) is 6.10 Å². The maximum atomic E-state index is 12.9. The van der Waals surface area contributed by atoms with Gasteiger partial charge in [-0.25, -0.2) is 0 Å². The summed E-state index contributed by atoms with van der Waals surface area (Å²) in [7, 11) is 2.11. The number of nitriles is 1. The van der Waals surface area contributed by atoms with Crippen molar-refractivity contribution in [1.82, 2.24) is 15.2 Å². The van der Waals surface area contributed by atoms with Gasteiger partial charge in [0.05, 0.1) is 23.7 Å². The molecule has 0 saturated carbocycles. The van der Waals surface area contributed by atoms with Crippen molar-refractivity contribution in [2.75, 3.05) is 38.1 Å². The van der Waals surface area contributed by atoms with E-state index in [9.17, 15) is 10.1 Å². The number of fused-ring (bicyclic) bond motifs is 1. The van der Waals surface area contributed by atoms with E-state index in [0.29, 0.717) is 24.2 Å². The van der Waals surface area contributed by atoms with Crippen LogP contribution >= 0.6 is 0 Å². The topological polar surface area (TPSA) is 81.5 Å². The molecule has 4 rings (SSSR count). The summed E-state index contributed by atoms with van der Waals surface area (Å²) in [5.74, 6) is -0.0350. The van der Waals surface area contributed by atoms with Gasteiger partial charge in [0.25, 0.3) is 5.91 Å². The summed E-state index contributed by atoms with van der Waals surface area (Å²) >= 11 is 0. The molecule has 1 aromatic heterocycles. The number of ether oxygens (including phenoxy) is 1. The number of carbonyl (C=O) groups is 1. The third kappa shape index (κ3) is 4.19. The van der Waals surface area contributed by atoms with Crippen LogP contribution in [0.4, 0.5) is 5.69 Å². The van der Waals surface area contributed by atoms with E-state index in [1.807, 2.05) is 25.1 Å². The minimum Gasteiger partial charge on any atom is -0.365 e. The molecule has 29 heavy (non-hydrogen) atoms. The van der Waals surface area contributed by atoms with Crippen molar-refractivity contribution in [3.8, 4) is 6.07 Å². The molecule has 1 amide bonds. The fraction of sp³-hybridized carbons (Fsp3) is 0.500. The van der Waals surface area contributed by atoms with Gasteiger partial charge in [0.2, 0.25) is 0 Å². The molecule has 0 spiro atoms. The first-order chi connectivity index (χ1) is 14.0. The van der Waals surface area contributed by atoms with Crippen LogP contribution in [0.15, 0.2) is 30.5 Å². The predicted octanol–water partition coefficient (Wildman–Crippen LogP) is 1.91. The zero-order chi connectivity index (χ0) is 20.4. The lowest BCUT2D eigenvalue weighted by Gasteiger charge is -2.39. The molecule has 2 saturated heterocycles. The Hall–Kier alpha value is -2.69. The van der Waals surface area contributed by atoms with Gasteiger partial charge < -0.3 is 19.9 Å². The molecular weight excluding hydrogens is 366 g/mol. The van der Waals surface area contributed by atoms with Crippen molar-refractivity contribution in [1.29, 1.82) is 5.26 Å². The molecule has 2 fully saturated rings. The number of aromatic nitrogens is 1. The molecule has 7 heteroatoms. The number of piperidine rings is 1. The van der Waals surface area contributed by atoms with Gasteiger partial charge in [-0.1, -0.05) is 0 Å². The van der Waals surface area contributed by atoms with Gasteiger partial charge in [0, 0.05) is 29.9 Å². The highest BCUT2D eigenvalue weighted by Crippen LogP contribution is 2.30. The Bertz CT molecular complexity index is 932. The van der Waals surface area contributed by atoms with Crippen LogP contribution in [-0.4, -0.2) is 67.3 Å². The molecule has 3 heterocycles. The lowest BCUT2D eigenvalue weighted by molar-refractivity contribution is -0.138. The Morgan fingerprint density at radius 1 is 1.28 bits per heavy atom. The fourth-order valence-electron chi connectivity index (χ4n) is 4.26. The number of anilines is 1. The van der Waals surface area contributed by atoms with Crippen LogP contribution in [0.1, 0.15) is 25.3 Å². The SMILES string of the molecule is C[C@@H]1CN(c2ccc(C#N)c3ncccc23)C[C@H](C(=O)NC2CCN(C)CC2)O1. The minimum absolute atomic E-state index is 0.0350. The van der Waals surface area contributed by atoms with Gasteiger partial charge in [-0.15, -0.1) is 0 Å². The number of carbonyl (C=O) groups excluding carboxylic acids is 1. The summed E-state index contributed by atoms with van der Waals surface area (Å²) in [4.78, 5) is 21.8. The van der Waals surface area contributed by atoms with Crippen LogP contribution < -0.4 is 10.2 Å². The highest BCUT2D eigenvalue weighted by molar-refractivity contribution is 5.95. The molecule has 1 aromatic carbocycles. The third-order valence-corrected chi connectivity index (χ3v) is 5.83. The van der Waals surface area contributed by atoms with E-state index in [0.717, 1.165) is 37.0 Å². The van der Waals surface area contributed by atoms with Crippen molar-refractivity contribution in [3.63, 3.8) is 0 Å². The minimum atomic E-state index is -0.513. The number of pyridine rings is 1. The fourth-order valence-corrected chi connectivity index (χ4v) is 4.26. The van der Waals surface area contributed by atoms with Crippen LogP contribution in [-0.2, 0) is 9.53 Å². The first-order valence-corrected chi connectivity index (χ1v) is 10.2. The highest BCUT2D eigenvalue weighted by atomic mass is 16.5. The molecule has 0 radical (unpaired) electrons. The molecular formula is C22H27N5O2. The zero-order valence-electron chi connectivity index (χ0n) is 17.0. The van der Waals surface area contributed by atoms with Gasteiger partial charge in [-0.2, -0.15) is 5.26 Å². The first-order valence-electron chi connectivity index (χ1n) is 10.2. The van der Waals surface area contributed by atoms with E-state index in [1.54, 1.807) is 12.3 Å². The second kappa shape index (κ2) is 8.36. The number of hydrogen-bond acceptors (Lipinski definition) is 6. The summed E-state index contributed by atoms with van der Waals surface area (Å²) in [6, 6.07) is 10.0. The smallest absolute Gasteiger partial charge is 0.251 e. The Morgan fingerprint density at radius 2 is 2.07 bits per heavy atom. The van der Waals surface area contributed by atoms with Crippen LogP contribution in [0.2, 0.25) is 0 Å². The first kappa shape index (κ1) is 19.6. The van der Waals surface area contributed by atoms with E-state index in [4.69, 9.17) is 4.74 Å². The van der Waals surface area contributed by atoms with Gasteiger partial charge >= 0.3 is 0 Å². The summed E-state index contributed by atoms with van der Waals surface area (Å²) in [5, 5.41) is 13.5. The molecule has 1 N–H and O–H groups in total. The largest absolute Gasteiger partial charge is 0.365 e. The van der Waals surface area contributed by atoms with Crippen molar-refractivity contribution < 1.29 is 9.53 Å². The normalized spacial score (nSPS) is 23.7. The third-order valence-electron chi connectivity index (χ3n) is 5.83. The molecule has 0 unspecified atom stereocenters. The number of morpholine rings is 1. The van der Waals surface area contributed by atoms with Crippen LogP contribution in [0.5, 0.6) is 0 Å².